The van der Waals surface area contributed by atoms with Crippen molar-refractivity contribution in [3.05, 3.63) is 48.2 Å². The molecule has 4 unspecified atom stereocenters. The molecule has 192 valence electrons. The molecule has 2 aliphatic carbocycles. The van der Waals surface area contributed by atoms with Crippen LogP contribution in [-0.4, -0.2) is 61.9 Å². The number of aliphatic hydroxyl groups is 3. The maximum Gasteiger partial charge on any atom is 0.229 e. The number of ether oxygens (including phenoxy) is 2. The highest BCUT2D eigenvalue weighted by molar-refractivity contribution is 7.21. The fourth-order valence-electron chi connectivity index (χ4n) is 5.32. The van der Waals surface area contributed by atoms with Crippen molar-refractivity contribution in [3.8, 4) is 22.1 Å². The Morgan fingerprint density at radius 1 is 1.00 bits per heavy atom. The van der Waals surface area contributed by atoms with Gasteiger partial charge in [0.2, 0.25) is 5.95 Å². The van der Waals surface area contributed by atoms with Crippen LogP contribution >= 0.6 is 11.3 Å². The van der Waals surface area contributed by atoms with E-state index in [1.165, 1.54) is 11.3 Å². The molecule has 2 heterocycles. The Hall–Kier alpha value is -3.51. The molecule has 6 rings (SSSR count). The topological polar surface area (TPSA) is 142 Å². The molecule has 0 spiro atoms. The highest BCUT2D eigenvalue weighted by Gasteiger charge is 2.78. The van der Waals surface area contributed by atoms with E-state index in [1.54, 1.807) is 26.4 Å². The largest absolute Gasteiger partial charge is 0.494 e. The molecule has 2 aliphatic rings. The number of hydrogen-bond acceptors (Lipinski definition) is 11. The fraction of sp³-hybridized carbons (Fsp3) is 0.346. The first-order chi connectivity index (χ1) is 17.8. The van der Waals surface area contributed by atoms with Crippen molar-refractivity contribution in [2.24, 2.45) is 5.92 Å². The zero-order valence-electron chi connectivity index (χ0n) is 20.5. The van der Waals surface area contributed by atoms with Crippen LogP contribution in [0.15, 0.2) is 42.5 Å². The summed E-state index contributed by atoms with van der Waals surface area (Å²) in [6, 6.07) is 13.2. The number of fused-ring (bicyclic) bond motifs is 2. The van der Waals surface area contributed by atoms with Crippen LogP contribution in [0.4, 0.5) is 17.5 Å². The fourth-order valence-corrected chi connectivity index (χ4v) is 6.38. The number of benzene rings is 2. The summed E-state index contributed by atoms with van der Waals surface area (Å²) in [5, 5.41) is 39.7. The summed E-state index contributed by atoms with van der Waals surface area (Å²) in [6.45, 7) is 1.83. The van der Waals surface area contributed by atoms with E-state index >= 15 is 0 Å². The van der Waals surface area contributed by atoms with Crippen molar-refractivity contribution in [2.45, 2.75) is 37.2 Å². The first-order valence-corrected chi connectivity index (χ1v) is 12.7. The van der Waals surface area contributed by atoms with Crippen molar-refractivity contribution in [1.29, 1.82) is 0 Å². The van der Waals surface area contributed by atoms with Gasteiger partial charge in [0.05, 0.1) is 41.8 Å². The third kappa shape index (κ3) is 3.61. The lowest BCUT2D eigenvalue weighted by Gasteiger charge is -2.33. The smallest absolute Gasteiger partial charge is 0.229 e. The summed E-state index contributed by atoms with van der Waals surface area (Å²) >= 11 is 1.48. The number of nitrogens with zero attached hydrogens (tertiary/aromatic N) is 3. The molecule has 10 nitrogen and oxygen atoms in total. The van der Waals surface area contributed by atoms with Crippen LogP contribution in [0.5, 0.6) is 11.5 Å². The molecule has 0 amide bonds. The number of para-hydroxylation sites is 2. The summed E-state index contributed by atoms with van der Waals surface area (Å²) in [5.74, 6) is 1.22. The van der Waals surface area contributed by atoms with Gasteiger partial charge in [0.15, 0.2) is 5.72 Å². The number of methoxy groups -OCH3 is 2. The first-order valence-electron chi connectivity index (χ1n) is 11.9. The monoisotopic (exact) mass is 521 g/mol. The van der Waals surface area contributed by atoms with Crippen LogP contribution in [0.25, 0.3) is 20.8 Å². The Balaban J connectivity index is 1.47. The van der Waals surface area contributed by atoms with E-state index in [1.807, 2.05) is 37.3 Å². The van der Waals surface area contributed by atoms with Gasteiger partial charge in [-0.25, -0.2) is 9.97 Å². The average molecular weight is 522 g/mol. The Morgan fingerprint density at radius 2 is 1.73 bits per heavy atom. The number of nitrogens with one attached hydrogen (secondary N) is 2. The molecule has 0 bridgehead atoms. The number of rotatable bonds is 7. The highest BCUT2D eigenvalue weighted by Crippen LogP contribution is 2.61. The van der Waals surface area contributed by atoms with Crippen molar-refractivity contribution in [2.75, 3.05) is 24.9 Å². The molecule has 2 aromatic carbocycles. The molecule has 2 saturated carbocycles. The van der Waals surface area contributed by atoms with Gasteiger partial charge >= 0.3 is 0 Å². The lowest BCUT2D eigenvalue weighted by molar-refractivity contribution is -0.0851. The molecule has 11 heteroatoms. The second-order valence-corrected chi connectivity index (χ2v) is 10.4. The normalized spacial score (nSPS) is 26.1. The predicted octanol–water partition coefficient (Wildman–Crippen LogP) is 3.44. The molecule has 2 aromatic heterocycles. The quantitative estimate of drug-likeness (QED) is 0.230. The van der Waals surface area contributed by atoms with E-state index in [-0.39, 0.29) is 18.3 Å². The van der Waals surface area contributed by atoms with Crippen LogP contribution in [-0.2, 0) is 0 Å². The molecule has 37 heavy (non-hydrogen) atoms. The molecular weight excluding hydrogens is 494 g/mol. The van der Waals surface area contributed by atoms with Crippen LogP contribution in [0.2, 0.25) is 0 Å². The second kappa shape index (κ2) is 8.52. The minimum absolute atomic E-state index is 0.231. The lowest BCUT2D eigenvalue weighted by Crippen LogP contribution is -2.51. The summed E-state index contributed by atoms with van der Waals surface area (Å²) in [4.78, 5) is 14.2. The maximum atomic E-state index is 11.5. The number of aliphatic hydroxyl groups excluding tert-OH is 1. The lowest BCUT2D eigenvalue weighted by atomic mass is 10.0. The van der Waals surface area contributed by atoms with Crippen molar-refractivity contribution in [1.82, 2.24) is 15.0 Å². The number of hydrogen-bond donors (Lipinski definition) is 5. The molecule has 5 N–H and O–H groups in total. The van der Waals surface area contributed by atoms with E-state index in [9.17, 15) is 15.3 Å². The van der Waals surface area contributed by atoms with Gasteiger partial charge in [-0.1, -0.05) is 18.2 Å². The van der Waals surface area contributed by atoms with Gasteiger partial charge in [-0.15, -0.1) is 11.3 Å². The number of aromatic nitrogens is 3. The van der Waals surface area contributed by atoms with Crippen molar-refractivity contribution in [3.63, 3.8) is 0 Å². The number of aryl methyl sites for hydroxylation is 1. The summed E-state index contributed by atoms with van der Waals surface area (Å²) in [6.07, 6.45) is -0.245. The van der Waals surface area contributed by atoms with E-state index in [2.05, 4.69) is 15.6 Å². The van der Waals surface area contributed by atoms with Gasteiger partial charge in [-0.05, 0) is 44.0 Å². The number of thiazole rings is 1. The Kier molecular flexibility index (Phi) is 5.50. The Bertz CT molecular complexity index is 1460. The minimum Gasteiger partial charge on any atom is -0.494 e. The molecule has 0 aliphatic heterocycles. The average Bonchev–Trinajstić information content (AvgIpc) is 3.15. The van der Waals surface area contributed by atoms with Crippen LogP contribution in [0.1, 0.15) is 18.5 Å². The van der Waals surface area contributed by atoms with Gasteiger partial charge in [0.25, 0.3) is 0 Å². The van der Waals surface area contributed by atoms with E-state index in [0.29, 0.717) is 45.7 Å². The predicted molar refractivity (Wildman–Crippen MR) is 140 cm³/mol. The molecule has 0 saturated heterocycles. The zero-order valence-corrected chi connectivity index (χ0v) is 21.3. The minimum atomic E-state index is -1.76. The molecule has 4 aromatic rings. The summed E-state index contributed by atoms with van der Waals surface area (Å²) in [7, 11) is 3.12. The standard InChI is InChI=1S/C26H27N5O5S/c1-13-19(23-28-15-7-4-5-10-18(15)37-23)22(31-25(33)12-11-14-21(32)26(14,25)34)30-24(27-13)29-20-16(35-2)8-6-9-17(20)36-3/h4-10,14,21,32-34H,11-12H2,1-3H3,(H2,27,29,30,31). The molecule has 2 fully saturated rings. The zero-order chi connectivity index (χ0) is 25.9. The Morgan fingerprint density at radius 3 is 2.38 bits per heavy atom. The van der Waals surface area contributed by atoms with E-state index < -0.39 is 17.4 Å². The highest BCUT2D eigenvalue weighted by atomic mass is 32.1. The van der Waals surface area contributed by atoms with E-state index in [4.69, 9.17) is 19.4 Å². The molecule has 0 radical (unpaired) electrons. The van der Waals surface area contributed by atoms with Gasteiger partial charge in [0, 0.05) is 5.92 Å². The summed E-state index contributed by atoms with van der Waals surface area (Å²) in [5.41, 5.74) is -0.811. The van der Waals surface area contributed by atoms with Crippen LogP contribution < -0.4 is 20.1 Å². The Labute approximate surface area is 217 Å². The van der Waals surface area contributed by atoms with Gasteiger partial charge in [0.1, 0.15) is 33.6 Å². The van der Waals surface area contributed by atoms with Gasteiger partial charge in [-0.3, -0.25) is 0 Å². The molecule has 4 atom stereocenters. The SMILES string of the molecule is COc1cccc(OC)c1Nc1nc(C)c(-c2nc3ccccc3s2)c(NC2(O)CCC3C(O)C32O)n1. The first kappa shape index (κ1) is 23.9. The van der Waals surface area contributed by atoms with Crippen LogP contribution in [0, 0.1) is 12.8 Å². The van der Waals surface area contributed by atoms with Gasteiger partial charge in [-0.2, -0.15) is 4.98 Å². The van der Waals surface area contributed by atoms with Crippen LogP contribution in [0.3, 0.4) is 0 Å². The third-order valence-corrected chi connectivity index (χ3v) is 8.41. The van der Waals surface area contributed by atoms with E-state index in [0.717, 1.165) is 10.2 Å². The number of anilines is 3. The van der Waals surface area contributed by atoms with Crippen molar-refractivity contribution < 1.29 is 24.8 Å². The third-order valence-electron chi connectivity index (χ3n) is 7.36. The van der Waals surface area contributed by atoms with Crippen molar-refractivity contribution >= 4 is 39.0 Å². The van der Waals surface area contributed by atoms with Gasteiger partial charge < -0.3 is 35.4 Å². The summed E-state index contributed by atoms with van der Waals surface area (Å²) < 4.78 is 12.0. The maximum absolute atomic E-state index is 11.5. The molecular formula is C26H27N5O5S. The second-order valence-electron chi connectivity index (χ2n) is 9.41.